The maximum Gasteiger partial charge on any atom is 0.251 e. The predicted octanol–water partition coefficient (Wildman–Crippen LogP) is 2.99. The highest BCUT2D eigenvalue weighted by Crippen LogP contribution is 2.28. The molecule has 0 radical (unpaired) electrons. The Morgan fingerprint density at radius 3 is 2.94 bits per heavy atom. The zero-order valence-corrected chi connectivity index (χ0v) is 11.6. The standard InChI is InChI=1S/C13H17NOS2/c1-17-12-6-5-10(8-12)14-13(15)9-3-2-4-11(16)7-9/h2-4,7,10,12,16H,5-6,8H2,1H3,(H,14,15). The van der Waals surface area contributed by atoms with Crippen LogP contribution in [0, 0.1) is 0 Å². The normalized spacial score (nSPS) is 23.6. The van der Waals surface area contributed by atoms with Gasteiger partial charge in [-0.15, -0.1) is 12.6 Å². The molecule has 1 saturated carbocycles. The molecule has 0 saturated heterocycles. The van der Waals surface area contributed by atoms with E-state index >= 15 is 0 Å². The summed E-state index contributed by atoms with van der Waals surface area (Å²) in [6.07, 6.45) is 5.53. The lowest BCUT2D eigenvalue weighted by Gasteiger charge is -2.12. The highest BCUT2D eigenvalue weighted by Gasteiger charge is 2.25. The molecule has 0 bridgehead atoms. The van der Waals surface area contributed by atoms with Gasteiger partial charge < -0.3 is 5.32 Å². The van der Waals surface area contributed by atoms with Crippen LogP contribution in [0.1, 0.15) is 29.6 Å². The second-order valence-electron chi connectivity index (χ2n) is 4.39. The van der Waals surface area contributed by atoms with Crippen LogP contribution in [0.4, 0.5) is 0 Å². The zero-order chi connectivity index (χ0) is 12.3. The molecule has 1 aliphatic rings. The van der Waals surface area contributed by atoms with E-state index in [1.807, 2.05) is 30.0 Å². The summed E-state index contributed by atoms with van der Waals surface area (Å²) in [5.74, 6) is 0.0210. The maximum absolute atomic E-state index is 12.0. The van der Waals surface area contributed by atoms with Crippen molar-refractivity contribution in [3.05, 3.63) is 29.8 Å². The smallest absolute Gasteiger partial charge is 0.251 e. The molecule has 0 aromatic heterocycles. The van der Waals surface area contributed by atoms with Crippen LogP contribution in [-0.4, -0.2) is 23.5 Å². The molecule has 2 rings (SSSR count). The Labute approximate surface area is 112 Å². The lowest BCUT2D eigenvalue weighted by molar-refractivity contribution is 0.0938. The van der Waals surface area contributed by atoms with Gasteiger partial charge in [0.05, 0.1) is 0 Å². The van der Waals surface area contributed by atoms with E-state index in [9.17, 15) is 4.79 Å². The number of amides is 1. The Hall–Kier alpha value is -0.610. The average Bonchev–Trinajstić information content (AvgIpc) is 2.77. The number of carbonyl (C=O) groups excluding carboxylic acids is 1. The van der Waals surface area contributed by atoms with Crippen molar-refractivity contribution < 1.29 is 4.79 Å². The van der Waals surface area contributed by atoms with Crippen LogP contribution in [0.2, 0.25) is 0 Å². The van der Waals surface area contributed by atoms with Gasteiger partial charge >= 0.3 is 0 Å². The van der Waals surface area contributed by atoms with Gasteiger partial charge in [0.25, 0.3) is 5.91 Å². The molecule has 1 aliphatic carbocycles. The monoisotopic (exact) mass is 267 g/mol. The van der Waals surface area contributed by atoms with Gasteiger partial charge in [0.1, 0.15) is 0 Å². The number of hydrogen-bond donors (Lipinski definition) is 2. The minimum atomic E-state index is 0.0210. The summed E-state index contributed by atoms with van der Waals surface area (Å²) in [6.45, 7) is 0. The fraction of sp³-hybridized carbons (Fsp3) is 0.462. The van der Waals surface area contributed by atoms with Crippen molar-refractivity contribution in [2.24, 2.45) is 0 Å². The molecular weight excluding hydrogens is 250 g/mol. The first kappa shape index (κ1) is 12.8. The van der Waals surface area contributed by atoms with E-state index in [0.29, 0.717) is 16.9 Å². The van der Waals surface area contributed by atoms with Gasteiger partial charge in [0.2, 0.25) is 0 Å². The van der Waals surface area contributed by atoms with Crippen LogP contribution in [0.5, 0.6) is 0 Å². The van der Waals surface area contributed by atoms with Crippen LogP contribution >= 0.6 is 24.4 Å². The van der Waals surface area contributed by atoms with Gasteiger partial charge in [-0.1, -0.05) is 6.07 Å². The molecule has 2 unspecified atom stereocenters. The van der Waals surface area contributed by atoms with Crippen molar-refractivity contribution in [2.45, 2.75) is 35.4 Å². The topological polar surface area (TPSA) is 29.1 Å². The van der Waals surface area contributed by atoms with Crippen LogP contribution in [0.15, 0.2) is 29.2 Å². The lowest BCUT2D eigenvalue weighted by atomic mass is 10.2. The van der Waals surface area contributed by atoms with Crippen molar-refractivity contribution in [2.75, 3.05) is 6.26 Å². The summed E-state index contributed by atoms with van der Waals surface area (Å²) in [5, 5.41) is 3.81. The molecule has 4 heteroatoms. The van der Waals surface area contributed by atoms with Crippen molar-refractivity contribution in [3.63, 3.8) is 0 Å². The molecule has 1 amide bonds. The molecule has 0 spiro atoms. The number of rotatable bonds is 3. The van der Waals surface area contributed by atoms with Crippen LogP contribution in [0.3, 0.4) is 0 Å². The molecule has 1 N–H and O–H groups in total. The number of thioether (sulfide) groups is 1. The molecule has 1 aromatic rings. The summed E-state index contributed by atoms with van der Waals surface area (Å²) < 4.78 is 0. The van der Waals surface area contributed by atoms with Crippen molar-refractivity contribution in [3.8, 4) is 0 Å². The van der Waals surface area contributed by atoms with Gasteiger partial charge in [-0.05, 0) is 43.7 Å². The first-order valence-electron chi connectivity index (χ1n) is 5.81. The fourth-order valence-corrected chi connectivity index (χ4v) is 3.22. The second kappa shape index (κ2) is 5.83. The Morgan fingerprint density at radius 1 is 1.47 bits per heavy atom. The minimum absolute atomic E-state index is 0.0210. The highest BCUT2D eigenvalue weighted by molar-refractivity contribution is 7.99. The molecular formula is C13H17NOS2. The largest absolute Gasteiger partial charge is 0.349 e. The molecule has 0 aliphatic heterocycles. The van der Waals surface area contributed by atoms with Crippen LogP contribution in [-0.2, 0) is 0 Å². The second-order valence-corrected chi connectivity index (χ2v) is 6.05. The van der Waals surface area contributed by atoms with Gasteiger partial charge in [0.15, 0.2) is 0 Å². The first-order chi connectivity index (χ1) is 8.19. The Balaban J connectivity index is 1.94. The van der Waals surface area contributed by atoms with E-state index < -0.39 is 0 Å². The summed E-state index contributed by atoms with van der Waals surface area (Å²) in [7, 11) is 0. The zero-order valence-electron chi connectivity index (χ0n) is 9.85. The summed E-state index contributed by atoms with van der Waals surface area (Å²) in [5.41, 5.74) is 0.699. The van der Waals surface area contributed by atoms with Crippen LogP contribution < -0.4 is 5.32 Å². The molecule has 1 fully saturated rings. The number of thiol groups is 1. The fourth-order valence-electron chi connectivity index (χ4n) is 2.20. The number of hydrogen-bond acceptors (Lipinski definition) is 3. The van der Waals surface area contributed by atoms with E-state index in [1.165, 1.54) is 6.42 Å². The third-order valence-corrected chi connectivity index (χ3v) is 4.53. The summed E-state index contributed by atoms with van der Waals surface area (Å²) in [6, 6.07) is 7.70. The van der Waals surface area contributed by atoms with Gasteiger partial charge in [-0.25, -0.2) is 0 Å². The SMILES string of the molecule is CSC1CCC(NC(=O)c2cccc(S)c2)C1. The van der Waals surface area contributed by atoms with Crippen molar-refractivity contribution in [1.29, 1.82) is 0 Å². The third-order valence-electron chi connectivity index (χ3n) is 3.16. The summed E-state index contributed by atoms with van der Waals surface area (Å²) >= 11 is 6.14. The number of nitrogens with one attached hydrogen (secondary N) is 1. The van der Waals surface area contributed by atoms with E-state index in [2.05, 4.69) is 24.2 Å². The Bertz CT molecular complexity index is 408. The molecule has 0 heterocycles. The van der Waals surface area contributed by atoms with E-state index in [-0.39, 0.29) is 5.91 Å². The quantitative estimate of drug-likeness (QED) is 0.824. The minimum Gasteiger partial charge on any atom is -0.349 e. The predicted molar refractivity (Wildman–Crippen MR) is 76.1 cm³/mol. The van der Waals surface area contributed by atoms with Gasteiger partial charge in [-0.3, -0.25) is 4.79 Å². The molecule has 92 valence electrons. The van der Waals surface area contributed by atoms with Crippen LogP contribution in [0.25, 0.3) is 0 Å². The average molecular weight is 267 g/mol. The van der Waals surface area contributed by atoms with Crippen molar-refractivity contribution in [1.82, 2.24) is 5.32 Å². The number of benzene rings is 1. The van der Waals surface area contributed by atoms with E-state index in [0.717, 1.165) is 17.7 Å². The lowest BCUT2D eigenvalue weighted by Crippen LogP contribution is -2.33. The van der Waals surface area contributed by atoms with Gasteiger partial charge in [0, 0.05) is 21.8 Å². The molecule has 2 atom stereocenters. The van der Waals surface area contributed by atoms with Gasteiger partial charge in [-0.2, -0.15) is 11.8 Å². The van der Waals surface area contributed by atoms with Crippen molar-refractivity contribution >= 4 is 30.3 Å². The number of carbonyl (C=O) groups is 1. The molecule has 2 nitrogen and oxygen atoms in total. The first-order valence-corrected chi connectivity index (χ1v) is 7.55. The highest BCUT2D eigenvalue weighted by atomic mass is 32.2. The third kappa shape index (κ3) is 3.42. The molecule has 1 aromatic carbocycles. The Morgan fingerprint density at radius 2 is 2.29 bits per heavy atom. The summed E-state index contributed by atoms with van der Waals surface area (Å²) in [4.78, 5) is 12.8. The van der Waals surface area contributed by atoms with E-state index in [1.54, 1.807) is 6.07 Å². The molecule has 17 heavy (non-hydrogen) atoms. The van der Waals surface area contributed by atoms with E-state index in [4.69, 9.17) is 0 Å². The maximum atomic E-state index is 12.0. The Kier molecular flexibility index (Phi) is 4.40.